The molecule has 2 aromatic heterocycles. The quantitative estimate of drug-likeness (QED) is 0.853. The number of hydrogen-bond donors (Lipinski definition) is 1. The molecule has 0 saturated heterocycles. The number of halogens is 1. The zero-order chi connectivity index (χ0) is 15.4. The standard InChI is InChI=1S/C13H18BrN5O2/c1-4-9-11(8-18(2)17-9)16-10-7-15-19(5-6-21-3)13(20)12(10)14/h7-8,16H,4-6H2,1-3H3. The number of nitrogens with one attached hydrogen (secondary N) is 1. The van der Waals surface area contributed by atoms with Gasteiger partial charge in [-0.1, -0.05) is 6.92 Å². The van der Waals surface area contributed by atoms with Gasteiger partial charge < -0.3 is 10.1 Å². The van der Waals surface area contributed by atoms with Gasteiger partial charge in [-0.05, 0) is 22.4 Å². The summed E-state index contributed by atoms with van der Waals surface area (Å²) in [7, 11) is 3.45. The van der Waals surface area contributed by atoms with Crippen LogP contribution in [-0.4, -0.2) is 33.3 Å². The van der Waals surface area contributed by atoms with Gasteiger partial charge in [0.15, 0.2) is 0 Å². The van der Waals surface area contributed by atoms with Crippen molar-refractivity contribution in [2.75, 3.05) is 19.0 Å². The molecule has 0 fully saturated rings. The molecule has 7 nitrogen and oxygen atoms in total. The first-order valence-electron chi connectivity index (χ1n) is 6.61. The highest BCUT2D eigenvalue weighted by atomic mass is 79.9. The second-order valence-electron chi connectivity index (χ2n) is 4.54. The number of ether oxygens (including phenoxy) is 1. The molecule has 0 atom stereocenters. The Labute approximate surface area is 131 Å². The van der Waals surface area contributed by atoms with Crippen molar-refractivity contribution in [1.29, 1.82) is 0 Å². The van der Waals surface area contributed by atoms with Crippen molar-refractivity contribution < 1.29 is 4.74 Å². The molecule has 0 spiro atoms. The van der Waals surface area contributed by atoms with Crippen molar-refractivity contribution in [2.24, 2.45) is 7.05 Å². The SMILES string of the molecule is CCc1nn(C)cc1Nc1cnn(CCOC)c(=O)c1Br. The van der Waals surface area contributed by atoms with E-state index in [-0.39, 0.29) is 5.56 Å². The van der Waals surface area contributed by atoms with Crippen LogP contribution >= 0.6 is 15.9 Å². The van der Waals surface area contributed by atoms with Crippen LogP contribution in [0.15, 0.2) is 21.7 Å². The lowest BCUT2D eigenvalue weighted by Crippen LogP contribution is -2.25. The summed E-state index contributed by atoms with van der Waals surface area (Å²) in [5.41, 5.74) is 2.24. The van der Waals surface area contributed by atoms with Crippen LogP contribution in [0.4, 0.5) is 11.4 Å². The highest BCUT2D eigenvalue weighted by Gasteiger charge is 2.12. The van der Waals surface area contributed by atoms with E-state index in [0.29, 0.717) is 23.3 Å². The Balaban J connectivity index is 2.28. The Hall–Kier alpha value is -1.67. The molecule has 114 valence electrons. The number of aromatic nitrogens is 4. The van der Waals surface area contributed by atoms with Gasteiger partial charge in [0.1, 0.15) is 4.47 Å². The minimum atomic E-state index is -0.195. The normalized spacial score (nSPS) is 10.9. The molecule has 0 aliphatic rings. The predicted molar refractivity (Wildman–Crippen MR) is 83.9 cm³/mol. The van der Waals surface area contributed by atoms with Gasteiger partial charge in [-0.25, -0.2) is 4.68 Å². The van der Waals surface area contributed by atoms with Crippen LogP contribution in [0.2, 0.25) is 0 Å². The number of aryl methyl sites for hydroxylation is 2. The molecule has 0 unspecified atom stereocenters. The third-order valence-electron chi connectivity index (χ3n) is 3.00. The zero-order valence-corrected chi connectivity index (χ0v) is 13.8. The maximum Gasteiger partial charge on any atom is 0.283 e. The molecule has 0 aromatic carbocycles. The number of anilines is 2. The van der Waals surface area contributed by atoms with E-state index >= 15 is 0 Å². The van der Waals surface area contributed by atoms with Crippen LogP contribution in [0, 0.1) is 0 Å². The first-order chi connectivity index (χ1) is 10.1. The number of rotatable bonds is 6. The van der Waals surface area contributed by atoms with E-state index in [1.807, 2.05) is 20.2 Å². The van der Waals surface area contributed by atoms with E-state index in [4.69, 9.17) is 4.74 Å². The van der Waals surface area contributed by atoms with Crippen LogP contribution in [0.3, 0.4) is 0 Å². The highest BCUT2D eigenvalue weighted by molar-refractivity contribution is 9.10. The molecular weight excluding hydrogens is 338 g/mol. The monoisotopic (exact) mass is 355 g/mol. The third-order valence-corrected chi connectivity index (χ3v) is 3.77. The molecule has 0 aliphatic carbocycles. The largest absolute Gasteiger partial charge is 0.383 e. The van der Waals surface area contributed by atoms with Gasteiger partial charge in [0.05, 0.1) is 36.4 Å². The van der Waals surface area contributed by atoms with Crippen molar-refractivity contribution in [3.05, 3.63) is 32.9 Å². The van der Waals surface area contributed by atoms with Crippen molar-refractivity contribution >= 4 is 27.3 Å². The number of hydrogen-bond acceptors (Lipinski definition) is 5. The summed E-state index contributed by atoms with van der Waals surface area (Å²) in [6.45, 7) is 2.89. The number of methoxy groups -OCH3 is 1. The molecule has 0 saturated carbocycles. The summed E-state index contributed by atoms with van der Waals surface area (Å²) in [5, 5.41) is 11.7. The molecule has 2 rings (SSSR count). The molecule has 0 bridgehead atoms. The predicted octanol–water partition coefficient (Wildman–Crippen LogP) is 1.69. The van der Waals surface area contributed by atoms with Crippen molar-refractivity contribution in [2.45, 2.75) is 19.9 Å². The van der Waals surface area contributed by atoms with Gasteiger partial charge >= 0.3 is 0 Å². The van der Waals surface area contributed by atoms with Crippen LogP contribution < -0.4 is 10.9 Å². The van der Waals surface area contributed by atoms with Crippen LogP contribution in [0.5, 0.6) is 0 Å². The van der Waals surface area contributed by atoms with E-state index in [9.17, 15) is 4.79 Å². The van der Waals surface area contributed by atoms with Gasteiger partial charge in [0.25, 0.3) is 5.56 Å². The van der Waals surface area contributed by atoms with Crippen LogP contribution in [0.1, 0.15) is 12.6 Å². The second-order valence-corrected chi connectivity index (χ2v) is 5.33. The fourth-order valence-corrected chi connectivity index (χ4v) is 2.34. The van der Waals surface area contributed by atoms with Gasteiger partial charge in [-0.3, -0.25) is 9.48 Å². The van der Waals surface area contributed by atoms with Gasteiger partial charge in [0, 0.05) is 20.4 Å². The minimum absolute atomic E-state index is 0.195. The molecule has 0 aliphatic heterocycles. The maximum atomic E-state index is 12.2. The Morgan fingerprint density at radius 3 is 2.86 bits per heavy atom. The number of nitrogens with zero attached hydrogens (tertiary/aromatic N) is 4. The van der Waals surface area contributed by atoms with E-state index in [1.165, 1.54) is 4.68 Å². The lowest BCUT2D eigenvalue weighted by atomic mass is 10.3. The summed E-state index contributed by atoms with van der Waals surface area (Å²) in [4.78, 5) is 12.2. The molecule has 8 heteroatoms. The third kappa shape index (κ3) is 3.51. The molecular formula is C13H18BrN5O2. The Kier molecular flexibility index (Phi) is 5.13. The first-order valence-corrected chi connectivity index (χ1v) is 7.40. The Bertz CT molecular complexity index is 680. The van der Waals surface area contributed by atoms with E-state index in [0.717, 1.165) is 17.8 Å². The lowest BCUT2D eigenvalue weighted by Gasteiger charge is -2.10. The molecule has 2 heterocycles. The molecule has 0 amide bonds. The fraction of sp³-hybridized carbons (Fsp3) is 0.462. The van der Waals surface area contributed by atoms with Gasteiger partial charge in [0.2, 0.25) is 0 Å². The second kappa shape index (κ2) is 6.86. The summed E-state index contributed by atoms with van der Waals surface area (Å²) in [5.74, 6) is 0. The van der Waals surface area contributed by atoms with E-state index in [1.54, 1.807) is 18.0 Å². The summed E-state index contributed by atoms with van der Waals surface area (Å²) in [6, 6.07) is 0. The van der Waals surface area contributed by atoms with Gasteiger partial charge in [-0.2, -0.15) is 10.2 Å². The van der Waals surface area contributed by atoms with Crippen molar-refractivity contribution in [1.82, 2.24) is 19.6 Å². The highest BCUT2D eigenvalue weighted by Crippen LogP contribution is 2.24. The maximum absolute atomic E-state index is 12.2. The smallest absolute Gasteiger partial charge is 0.283 e. The summed E-state index contributed by atoms with van der Waals surface area (Å²) < 4.78 is 8.50. The molecule has 0 radical (unpaired) electrons. The average molecular weight is 356 g/mol. The topological polar surface area (TPSA) is 74.0 Å². The molecule has 2 aromatic rings. The first kappa shape index (κ1) is 15.7. The fourth-order valence-electron chi connectivity index (χ4n) is 1.93. The molecule has 21 heavy (non-hydrogen) atoms. The molecule has 1 N–H and O–H groups in total. The van der Waals surface area contributed by atoms with Gasteiger partial charge in [-0.15, -0.1) is 0 Å². The zero-order valence-electron chi connectivity index (χ0n) is 12.3. The summed E-state index contributed by atoms with van der Waals surface area (Å²) >= 11 is 3.33. The van der Waals surface area contributed by atoms with Crippen molar-refractivity contribution in [3.8, 4) is 0 Å². The lowest BCUT2D eigenvalue weighted by molar-refractivity contribution is 0.181. The van der Waals surface area contributed by atoms with E-state index in [2.05, 4.69) is 31.4 Å². The Morgan fingerprint density at radius 1 is 1.43 bits per heavy atom. The Morgan fingerprint density at radius 2 is 2.19 bits per heavy atom. The van der Waals surface area contributed by atoms with Crippen molar-refractivity contribution in [3.63, 3.8) is 0 Å². The summed E-state index contributed by atoms with van der Waals surface area (Å²) in [6.07, 6.45) is 4.30. The van der Waals surface area contributed by atoms with E-state index < -0.39 is 0 Å². The minimum Gasteiger partial charge on any atom is -0.383 e. The van der Waals surface area contributed by atoms with Crippen LogP contribution in [0.25, 0.3) is 0 Å². The average Bonchev–Trinajstić information content (AvgIpc) is 2.83. The van der Waals surface area contributed by atoms with Crippen LogP contribution in [-0.2, 0) is 24.8 Å².